The SMILES string of the molecule is Cc1ccc(C(NN)c2ccc(Cl)c(Cl)c2)o1. The molecule has 0 radical (unpaired) electrons. The van der Waals surface area contributed by atoms with Gasteiger partial charge in [0.25, 0.3) is 0 Å². The molecule has 0 amide bonds. The molecule has 0 saturated carbocycles. The molecule has 90 valence electrons. The van der Waals surface area contributed by atoms with Gasteiger partial charge in [-0.15, -0.1) is 0 Å². The van der Waals surface area contributed by atoms with Crippen molar-refractivity contribution < 1.29 is 4.42 Å². The first-order chi connectivity index (χ1) is 8.11. The number of hydrazine groups is 1. The fourth-order valence-corrected chi connectivity index (χ4v) is 1.95. The summed E-state index contributed by atoms with van der Waals surface area (Å²) in [6.07, 6.45) is 0. The molecule has 3 N–H and O–H groups in total. The van der Waals surface area contributed by atoms with Crippen molar-refractivity contribution >= 4 is 23.2 Å². The number of aryl methyl sites for hydroxylation is 1. The number of rotatable bonds is 3. The number of furan rings is 1. The van der Waals surface area contributed by atoms with Crippen molar-refractivity contribution in [3.8, 4) is 0 Å². The Bertz CT molecular complexity index is 525. The van der Waals surface area contributed by atoms with Gasteiger partial charge in [-0.1, -0.05) is 29.3 Å². The van der Waals surface area contributed by atoms with Crippen LogP contribution in [0.2, 0.25) is 10.0 Å². The molecule has 0 aliphatic heterocycles. The van der Waals surface area contributed by atoms with Crippen LogP contribution in [0, 0.1) is 6.92 Å². The molecule has 1 aromatic heterocycles. The zero-order chi connectivity index (χ0) is 12.4. The number of nitrogens with two attached hydrogens (primary N) is 1. The molecule has 0 bridgehead atoms. The molecule has 0 saturated heterocycles. The summed E-state index contributed by atoms with van der Waals surface area (Å²) in [7, 11) is 0. The van der Waals surface area contributed by atoms with Crippen molar-refractivity contribution in [2.45, 2.75) is 13.0 Å². The second-order valence-corrected chi connectivity index (χ2v) is 4.54. The topological polar surface area (TPSA) is 51.2 Å². The van der Waals surface area contributed by atoms with E-state index < -0.39 is 0 Å². The standard InChI is InChI=1S/C12H12Cl2N2O/c1-7-2-5-11(17-7)12(16-15)8-3-4-9(13)10(14)6-8/h2-6,12,16H,15H2,1H3. The minimum atomic E-state index is -0.238. The van der Waals surface area contributed by atoms with Gasteiger partial charge >= 0.3 is 0 Å². The van der Waals surface area contributed by atoms with Crippen LogP contribution in [0.15, 0.2) is 34.7 Å². The van der Waals surface area contributed by atoms with Crippen molar-refractivity contribution in [3.05, 3.63) is 57.5 Å². The smallest absolute Gasteiger partial charge is 0.126 e. The molecule has 1 atom stereocenters. The summed E-state index contributed by atoms with van der Waals surface area (Å²) in [5.74, 6) is 7.12. The Kier molecular flexibility index (Phi) is 3.74. The van der Waals surface area contributed by atoms with Gasteiger partial charge < -0.3 is 4.42 Å². The Hall–Kier alpha value is -1.00. The van der Waals surface area contributed by atoms with E-state index >= 15 is 0 Å². The van der Waals surface area contributed by atoms with Crippen molar-refractivity contribution in [2.24, 2.45) is 5.84 Å². The molecule has 17 heavy (non-hydrogen) atoms. The van der Waals surface area contributed by atoms with E-state index in [1.165, 1.54) is 0 Å². The molecular formula is C12H12Cl2N2O. The third-order valence-electron chi connectivity index (χ3n) is 2.49. The molecule has 2 aromatic rings. The lowest BCUT2D eigenvalue weighted by atomic mass is 10.1. The molecule has 3 nitrogen and oxygen atoms in total. The molecule has 1 unspecified atom stereocenters. The highest BCUT2D eigenvalue weighted by Gasteiger charge is 2.16. The van der Waals surface area contributed by atoms with E-state index in [-0.39, 0.29) is 6.04 Å². The molecule has 0 aliphatic carbocycles. The molecule has 1 heterocycles. The minimum absolute atomic E-state index is 0.238. The van der Waals surface area contributed by atoms with Crippen molar-refractivity contribution in [3.63, 3.8) is 0 Å². The van der Waals surface area contributed by atoms with Crippen LogP contribution in [0.3, 0.4) is 0 Å². The predicted molar refractivity (Wildman–Crippen MR) is 69.1 cm³/mol. The largest absolute Gasteiger partial charge is 0.464 e. The number of benzene rings is 1. The van der Waals surface area contributed by atoms with Gasteiger partial charge in [0.2, 0.25) is 0 Å². The monoisotopic (exact) mass is 270 g/mol. The Balaban J connectivity index is 2.38. The van der Waals surface area contributed by atoms with E-state index in [9.17, 15) is 0 Å². The van der Waals surface area contributed by atoms with Gasteiger partial charge in [0.1, 0.15) is 17.6 Å². The number of nitrogens with one attached hydrogen (secondary N) is 1. The second-order valence-electron chi connectivity index (χ2n) is 3.72. The molecule has 2 rings (SSSR count). The van der Waals surface area contributed by atoms with Crippen molar-refractivity contribution in [1.29, 1.82) is 0 Å². The van der Waals surface area contributed by atoms with Crippen LogP contribution in [0.25, 0.3) is 0 Å². The average Bonchev–Trinajstić information content (AvgIpc) is 2.71. The van der Waals surface area contributed by atoms with Gasteiger partial charge in [0, 0.05) is 0 Å². The normalized spacial score (nSPS) is 12.7. The van der Waals surface area contributed by atoms with E-state index in [2.05, 4.69) is 5.43 Å². The first-order valence-electron chi connectivity index (χ1n) is 5.09. The van der Waals surface area contributed by atoms with Crippen LogP contribution in [-0.4, -0.2) is 0 Å². The van der Waals surface area contributed by atoms with Crippen LogP contribution in [0.5, 0.6) is 0 Å². The quantitative estimate of drug-likeness (QED) is 0.664. The highest BCUT2D eigenvalue weighted by atomic mass is 35.5. The van der Waals surface area contributed by atoms with Crippen LogP contribution in [0.1, 0.15) is 23.1 Å². The minimum Gasteiger partial charge on any atom is -0.464 e. The van der Waals surface area contributed by atoms with Crippen LogP contribution < -0.4 is 11.3 Å². The lowest BCUT2D eigenvalue weighted by Crippen LogP contribution is -2.28. The lowest BCUT2D eigenvalue weighted by Gasteiger charge is -2.14. The third kappa shape index (κ3) is 2.64. The summed E-state index contributed by atoms with van der Waals surface area (Å²) < 4.78 is 5.54. The first-order valence-corrected chi connectivity index (χ1v) is 5.85. The fraction of sp³-hybridized carbons (Fsp3) is 0.167. The van der Waals surface area contributed by atoms with Crippen LogP contribution >= 0.6 is 23.2 Å². The molecule has 5 heteroatoms. The van der Waals surface area contributed by atoms with Crippen molar-refractivity contribution in [2.75, 3.05) is 0 Å². The molecule has 1 aromatic carbocycles. The Morgan fingerprint density at radius 2 is 1.94 bits per heavy atom. The molecule has 0 fully saturated rings. The van der Waals surface area contributed by atoms with Gasteiger partial charge in [-0.25, -0.2) is 5.43 Å². The molecule has 0 spiro atoms. The van der Waals surface area contributed by atoms with E-state index in [1.807, 2.05) is 25.1 Å². The summed E-state index contributed by atoms with van der Waals surface area (Å²) in [6, 6.07) is 8.89. The molecule has 0 aliphatic rings. The Morgan fingerprint density at radius 3 is 2.47 bits per heavy atom. The third-order valence-corrected chi connectivity index (χ3v) is 3.23. The highest BCUT2D eigenvalue weighted by Crippen LogP contribution is 2.29. The Morgan fingerprint density at radius 1 is 1.18 bits per heavy atom. The predicted octanol–water partition coefficient (Wildman–Crippen LogP) is 3.45. The van der Waals surface area contributed by atoms with Gasteiger partial charge in [-0.3, -0.25) is 5.84 Å². The zero-order valence-corrected chi connectivity index (χ0v) is 10.7. The van der Waals surface area contributed by atoms with Gasteiger partial charge in [0.15, 0.2) is 0 Å². The highest BCUT2D eigenvalue weighted by molar-refractivity contribution is 6.42. The van der Waals surface area contributed by atoms with E-state index in [0.29, 0.717) is 10.0 Å². The van der Waals surface area contributed by atoms with Gasteiger partial charge in [0.05, 0.1) is 10.0 Å². The van der Waals surface area contributed by atoms with Crippen molar-refractivity contribution in [1.82, 2.24) is 5.43 Å². The maximum absolute atomic E-state index is 5.98. The van der Waals surface area contributed by atoms with E-state index in [4.69, 9.17) is 33.5 Å². The first kappa shape index (κ1) is 12.5. The van der Waals surface area contributed by atoms with Gasteiger partial charge in [-0.05, 0) is 36.8 Å². The second kappa shape index (κ2) is 5.10. The number of hydrogen-bond acceptors (Lipinski definition) is 3. The summed E-state index contributed by atoms with van der Waals surface area (Å²) in [6.45, 7) is 1.88. The fourth-order valence-electron chi connectivity index (χ4n) is 1.64. The van der Waals surface area contributed by atoms with Crippen LogP contribution in [0.4, 0.5) is 0 Å². The van der Waals surface area contributed by atoms with E-state index in [1.54, 1.807) is 12.1 Å². The van der Waals surface area contributed by atoms with Crippen LogP contribution in [-0.2, 0) is 0 Å². The number of hydrogen-bond donors (Lipinski definition) is 2. The number of halogens is 2. The summed E-state index contributed by atoms with van der Waals surface area (Å²) in [4.78, 5) is 0. The average molecular weight is 271 g/mol. The summed E-state index contributed by atoms with van der Waals surface area (Å²) in [5, 5.41) is 1.01. The van der Waals surface area contributed by atoms with Gasteiger partial charge in [-0.2, -0.15) is 0 Å². The molecular weight excluding hydrogens is 259 g/mol. The zero-order valence-electron chi connectivity index (χ0n) is 9.21. The Labute approximate surface area is 109 Å². The lowest BCUT2D eigenvalue weighted by molar-refractivity contribution is 0.435. The maximum atomic E-state index is 5.98. The summed E-state index contributed by atoms with van der Waals surface area (Å²) >= 11 is 11.8. The summed E-state index contributed by atoms with van der Waals surface area (Å²) in [5.41, 5.74) is 3.60. The maximum Gasteiger partial charge on any atom is 0.126 e. The van der Waals surface area contributed by atoms with E-state index in [0.717, 1.165) is 17.1 Å².